The predicted molar refractivity (Wildman–Crippen MR) is 99.8 cm³/mol. The van der Waals surface area contributed by atoms with Gasteiger partial charge in [-0.05, 0) is 44.5 Å². The summed E-state index contributed by atoms with van der Waals surface area (Å²) >= 11 is 6.02. The number of nitrogens with zero attached hydrogens (tertiary/aromatic N) is 4. The van der Waals surface area contributed by atoms with Gasteiger partial charge in [-0.15, -0.1) is 0 Å². The van der Waals surface area contributed by atoms with E-state index in [-0.39, 0.29) is 5.28 Å². The molecule has 2 rings (SSSR count). The highest BCUT2D eigenvalue weighted by Crippen LogP contribution is 2.15. The van der Waals surface area contributed by atoms with Gasteiger partial charge in [0, 0.05) is 5.69 Å². The van der Waals surface area contributed by atoms with Crippen molar-refractivity contribution in [3.05, 3.63) is 35.6 Å². The summed E-state index contributed by atoms with van der Waals surface area (Å²) in [5.74, 6) is 0.931. The molecule has 0 aliphatic carbocycles. The molecule has 24 heavy (non-hydrogen) atoms. The lowest BCUT2D eigenvalue weighted by atomic mass is 10.3. The molecule has 0 bridgehead atoms. The van der Waals surface area contributed by atoms with Gasteiger partial charge in [-0.25, -0.2) is 0 Å². The van der Waals surface area contributed by atoms with E-state index >= 15 is 0 Å². The van der Waals surface area contributed by atoms with Gasteiger partial charge < -0.3 is 15.1 Å². The second-order valence-corrected chi connectivity index (χ2v) is 6.02. The molecule has 1 aromatic carbocycles. The molecule has 0 saturated carbocycles. The third kappa shape index (κ3) is 5.04. The number of para-hydroxylation sites is 1. The van der Waals surface area contributed by atoms with Crippen LogP contribution in [0, 0.1) is 0 Å². The zero-order valence-electron chi connectivity index (χ0n) is 14.6. The Bertz CT molecular complexity index is 622. The average Bonchev–Trinajstić information content (AvgIpc) is 2.60. The molecule has 130 valence electrons. The van der Waals surface area contributed by atoms with Gasteiger partial charge in [0.1, 0.15) is 0 Å². The summed E-state index contributed by atoms with van der Waals surface area (Å²) in [6.07, 6.45) is 0. The van der Waals surface area contributed by atoms with Crippen molar-refractivity contribution in [1.29, 1.82) is 0 Å². The van der Waals surface area contributed by atoms with E-state index < -0.39 is 0 Å². The molecule has 6 nitrogen and oxygen atoms in total. The number of likely N-dealkylation sites (N-methyl/N-ethyl adjacent to an activating group) is 1. The molecule has 1 heterocycles. The van der Waals surface area contributed by atoms with Crippen LogP contribution < -0.4 is 10.6 Å². The zero-order valence-corrected chi connectivity index (χ0v) is 15.3. The van der Waals surface area contributed by atoms with E-state index in [1.54, 1.807) is 0 Å². The van der Waals surface area contributed by atoms with Crippen LogP contribution in [0.5, 0.6) is 0 Å². The van der Waals surface area contributed by atoms with Crippen molar-refractivity contribution >= 4 is 29.2 Å². The Balaban J connectivity index is 2.01. The maximum absolute atomic E-state index is 6.02. The number of quaternary nitrogens is 1. The lowest BCUT2D eigenvalue weighted by Crippen LogP contribution is -2.50. The van der Waals surface area contributed by atoms with Gasteiger partial charge in [0.05, 0.1) is 32.7 Å². The zero-order chi connectivity index (χ0) is 17.4. The van der Waals surface area contributed by atoms with E-state index in [0.717, 1.165) is 42.9 Å². The minimum Gasteiger partial charge on any atom is -0.348 e. The van der Waals surface area contributed by atoms with E-state index in [1.165, 1.54) is 0 Å². The van der Waals surface area contributed by atoms with Gasteiger partial charge in [-0.2, -0.15) is 15.0 Å². The highest BCUT2D eigenvalue weighted by Gasteiger charge is 2.20. The van der Waals surface area contributed by atoms with Gasteiger partial charge in [-0.1, -0.05) is 18.2 Å². The molecule has 0 amide bonds. The Hall–Kier alpha value is -1.92. The van der Waals surface area contributed by atoms with Crippen molar-refractivity contribution in [2.24, 2.45) is 0 Å². The number of nitrogens with one attached hydrogen (secondary N) is 2. The summed E-state index contributed by atoms with van der Waals surface area (Å²) in [5, 5.41) is 6.58. The molecule has 0 atom stereocenters. The lowest BCUT2D eigenvalue weighted by molar-refractivity contribution is -0.921. The van der Waals surface area contributed by atoms with E-state index in [4.69, 9.17) is 11.6 Å². The first-order chi connectivity index (χ1) is 11.6. The van der Waals surface area contributed by atoms with Gasteiger partial charge in [-0.3, -0.25) is 0 Å². The highest BCUT2D eigenvalue weighted by molar-refractivity contribution is 6.28. The molecule has 0 spiro atoms. The standard InChI is InChI=1S/C17H26ClN6/c1-4-24(5-2,6-3)13-12-19-16-21-15(18)22-17(23-16)20-14-10-8-7-9-11-14/h7-11H,4-6,12-13H2,1-3H3,(H2,19,20,21,22,23)/q+1. The quantitative estimate of drug-likeness (QED) is 0.678. The second-order valence-electron chi connectivity index (χ2n) is 5.68. The third-order valence-corrected chi connectivity index (χ3v) is 4.69. The minimum absolute atomic E-state index is 0.174. The fourth-order valence-electron chi connectivity index (χ4n) is 2.69. The smallest absolute Gasteiger partial charge is 0.233 e. The Kier molecular flexibility index (Phi) is 6.75. The number of benzene rings is 1. The second kappa shape index (κ2) is 8.80. The molecular formula is C17H26ClN6+. The molecule has 7 heteroatoms. The molecular weight excluding hydrogens is 324 g/mol. The van der Waals surface area contributed by atoms with Gasteiger partial charge >= 0.3 is 0 Å². The first-order valence-corrected chi connectivity index (χ1v) is 8.81. The summed E-state index contributed by atoms with van der Waals surface area (Å²) in [4.78, 5) is 12.7. The van der Waals surface area contributed by atoms with Crippen molar-refractivity contribution in [3.63, 3.8) is 0 Å². The maximum Gasteiger partial charge on any atom is 0.233 e. The Labute approximate surface area is 148 Å². The first kappa shape index (κ1) is 18.4. The number of aromatic nitrogens is 3. The van der Waals surface area contributed by atoms with Crippen LogP contribution in [-0.4, -0.2) is 52.2 Å². The molecule has 0 aliphatic rings. The predicted octanol–water partition coefficient (Wildman–Crippen LogP) is 3.56. The van der Waals surface area contributed by atoms with Gasteiger partial charge in [0.2, 0.25) is 17.2 Å². The molecule has 1 aromatic heterocycles. The van der Waals surface area contributed by atoms with Crippen molar-refractivity contribution in [2.45, 2.75) is 20.8 Å². The van der Waals surface area contributed by atoms with Gasteiger partial charge in [0.15, 0.2) is 0 Å². The number of anilines is 3. The van der Waals surface area contributed by atoms with Crippen LogP contribution in [0.2, 0.25) is 5.28 Å². The minimum atomic E-state index is 0.174. The van der Waals surface area contributed by atoms with Crippen LogP contribution in [0.4, 0.5) is 17.6 Å². The number of hydrogen-bond donors (Lipinski definition) is 2. The monoisotopic (exact) mass is 349 g/mol. The first-order valence-electron chi connectivity index (χ1n) is 8.43. The van der Waals surface area contributed by atoms with Crippen molar-refractivity contribution in [1.82, 2.24) is 15.0 Å². The summed E-state index contributed by atoms with van der Waals surface area (Å²) in [5.41, 5.74) is 0.907. The normalized spacial score (nSPS) is 11.3. The van der Waals surface area contributed by atoms with E-state index in [1.807, 2.05) is 30.3 Å². The molecule has 2 N–H and O–H groups in total. The largest absolute Gasteiger partial charge is 0.348 e. The number of rotatable bonds is 9. The van der Waals surface area contributed by atoms with Crippen LogP contribution in [0.1, 0.15) is 20.8 Å². The van der Waals surface area contributed by atoms with Crippen molar-refractivity contribution in [2.75, 3.05) is 43.4 Å². The van der Waals surface area contributed by atoms with Crippen LogP contribution in [-0.2, 0) is 0 Å². The lowest BCUT2D eigenvalue weighted by Gasteiger charge is -2.35. The summed E-state index contributed by atoms with van der Waals surface area (Å²) in [6, 6.07) is 9.74. The van der Waals surface area contributed by atoms with E-state index in [0.29, 0.717) is 11.9 Å². The van der Waals surface area contributed by atoms with E-state index in [9.17, 15) is 0 Å². The average molecular weight is 350 g/mol. The van der Waals surface area contributed by atoms with Gasteiger partial charge in [0.25, 0.3) is 0 Å². The molecule has 0 fully saturated rings. The molecule has 2 aromatic rings. The molecule has 0 saturated heterocycles. The number of halogens is 1. The molecule has 0 unspecified atom stereocenters. The summed E-state index contributed by atoms with van der Waals surface area (Å²) < 4.78 is 1.07. The number of hydrogen-bond acceptors (Lipinski definition) is 5. The van der Waals surface area contributed by atoms with Crippen LogP contribution in [0.3, 0.4) is 0 Å². The van der Waals surface area contributed by atoms with Crippen molar-refractivity contribution in [3.8, 4) is 0 Å². The van der Waals surface area contributed by atoms with Crippen LogP contribution in [0.15, 0.2) is 30.3 Å². The maximum atomic E-state index is 6.02. The molecule has 0 aliphatic heterocycles. The summed E-state index contributed by atoms with van der Waals surface area (Å²) in [6.45, 7) is 11.9. The Morgan fingerprint density at radius 3 is 2.17 bits per heavy atom. The topological polar surface area (TPSA) is 62.7 Å². The fraction of sp³-hybridized carbons (Fsp3) is 0.471. The van der Waals surface area contributed by atoms with Crippen molar-refractivity contribution < 1.29 is 4.48 Å². The summed E-state index contributed by atoms with van der Waals surface area (Å²) in [7, 11) is 0. The third-order valence-electron chi connectivity index (χ3n) is 4.52. The van der Waals surface area contributed by atoms with E-state index in [2.05, 4.69) is 46.4 Å². The highest BCUT2D eigenvalue weighted by atomic mass is 35.5. The van der Waals surface area contributed by atoms with Crippen LogP contribution >= 0.6 is 11.6 Å². The Morgan fingerprint density at radius 1 is 0.917 bits per heavy atom. The SMILES string of the molecule is CC[N+](CC)(CC)CCNc1nc(Cl)nc(Nc2ccccc2)n1. The Morgan fingerprint density at radius 2 is 1.54 bits per heavy atom. The molecule has 0 radical (unpaired) electrons. The van der Waals surface area contributed by atoms with Crippen LogP contribution in [0.25, 0.3) is 0 Å². The fourth-order valence-corrected chi connectivity index (χ4v) is 2.85.